The topological polar surface area (TPSA) is 92.4 Å². The Hall–Kier alpha value is -3.25. The van der Waals surface area contributed by atoms with Gasteiger partial charge in [-0.1, -0.05) is 13.0 Å². The second-order valence-electron chi connectivity index (χ2n) is 8.07. The Morgan fingerprint density at radius 1 is 1.27 bits per heavy atom. The van der Waals surface area contributed by atoms with Gasteiger partial charge in [-0.15, -0.1) is 6.58 Å². The summed E-state index contributed by atoms with van der Waals surface area (Å²) in [5, 5.41) is 22.1. The predicted octanol–water partition coefficient (Wildman–Crippen LogP) is 2.97. The number of phenolic OH excluding ortho intramolecular Hbond substituents is 1. The van der Waals surface area contributed by atoms with Crippen molar-refractivity contribution < 1.29 is 15.0 Å². The first-order valence-corrected chi connectivity index (χ1v) is 10.2. The number of Topliss-reactive ketones (excluding diaryl/α,β-unsaturated/α-hetero) is 1. The number of aliphatic hydroxyl groups is 1. The molecule has 1 aromatic carbocycles. The van der Waals surface area contributed by atoms with Crippen molar-refractivity contribution in [2.45, 2.75) is 44.8 Å². The predicted molar refractivity (Wildman–Crippen MR) is 114 cm³/mol. The Bertz CT molecular complexity index is 1320. The van der Waals surface area contributed by atoms with Crippen LogP contribution < -0.4 is 5.56 Å². The van der Waals surface area contributed by atoms with E-state index in [1.165, 1.54) is 0 Å². The van der Waals surface area contributed by atoms with E-state index in [2.05, 4.69) is 6.58 Å². The van der Waals surface area contributed by atoms with Crippen LogP contribution in [0.2, 0.25) is 0 Å². The Morgan fingerprint density at radius 2 is 2.07 bits per heavy atom. The van der Waals surface area contributed by atoms with Crippen LogP contribution in [0.1, 0.15) is 42.0 Å². The zero-order valence-corrected chi connectivity index (χ0v) is 16.7. The van der Waals surface area contributed by atoms with Gasteiger partial charge in [0.05, 0.1) is 23.4 Å². The van der Waals surface area contributed by atoms with Gasteiger partial charge in [0.15, 0.2) is 5.78 Å². The molecule has 6 nitrogen and oxygen atoms in total. The maximum Gasteiger partial charge on any atom is 0.254 e. The molecule has 0 saturated heterocycles. The van der Waals surface area contributed by atoms with Crippen molar-refractivity contribution in [2.24, 2.45) is 0 Å². The highest BCUT2D eigenvalue weighted by Gasteiger charge is 2.43. The van der Waals surface area contributed by atoms with E-state index < -0.39 is 5.60 Å². The van der Waals surface area contributed by atoms with Crippen LogP contribution in [0.25, 0.3) is 22.3 Å². The molecule has 1 aliphatic carbocycles. The van der Waals surface area contributed by atoms with Crippen molar-refractivity contribution >= 4 is 16.7 Å². The summed E-state index contributed by atoms with van der Waals surface area (Å²) in [7, 11) is 0. The number of hydrogen-bond acceptors (Lipinski definition) is 5. The highest BCUT2D eigenvalue weighted by atomic mass is 16.3. The SMILES string of the molecule is C=CCc1c(O)ccc2nc3c(cc12)Cn1c-3cc2c(c1=O)CCC(=O)[C@]2(O)CC. The molecule has 152 valence electrons. The highest BCUT2D eigenvalue weighted by Crippen LogP contribution is 2.40. The van der Waals surface area contributed by atoms with Crippen molar-refractivity contribution in [3.8, 4) is 17.1 Å². The van der Waals surface area contributed by atoms with E-state index in [4.69, 9.17) is 4.98 Å². The molecule has 0 saturated carbocycles. The number of hydrogen-bond donors (Lipinski definition) is 2. The molecular weight excluding hydrogens is 380 g/mol. The quantitative estimate of drug-likeness (QED) is 0.514. The number of ketones is 1. The standard InChI is InChI=1S/C24H22N2O4/c1-3-5-14-16-10-13-12-26-19(22(13)25-18(16)7-8-20(14)27)11-17-15(23(26)29)6-9-21(28)24(17,30)4-2/h3,7-8,10-11,27,30H,1,4-6,9,12H2,2H3/t24-/m0/s1. The van der Waals surface area contributed by atoms with Crippen molar-refractivity contribution in [3.05, 3.63) is 69.5 Å². The smallest absolute Gasteiger partial charge is 0.254 e. The lowest BCUT2D eigenvalue weighted by atomic mass is 9.77. The van der Waals surface area contributed by atoms with Gasteiger partial charge in [-0.2, -0.15) is 0 Å². The molecule has 3 aromatic rings. The third kappa shape index (κ3) is 2.37. The van der Waals surface area contributed by atoms with Crippen molar-refractivity contribution in [2.75, 3.05) is 0 Å². The maximum absolute atomic E-state index is 13.3. The third-order valence-electron chi connectivity index (χ3n) is 6.50. The summed E-state index contributed by atoms with van der Waals surface area (Å²) < 4.78 is 1.67. The lowest BCUT2D eigenvalue weighted by Crippen LogP contribution is -2.43. The minimum Gasteiger partial charge on any atom is -0.508 e. The van der Waals surface area contributed by atoms with E-state index in [1.807, 2.05) is 6.07 Å². The molecule has 0 bridgehead atoms. The van der Waals surface area contributed by atoms with Crippen LogP contribution in [-0.2, 0) is 29.8 Å². The molecule has 2 aromatic heterocycles. The van der Waals surface area contributed by atoms with Crippen LogP contribution in [-0.4, -0.2) is 25.5 Å². The first-order valence-electron chi connectivity index (χ1n) is 10.2. The number of carbonyl (C=O) groups is 1. The van der Waals surface area contributed by atoms with Gasteiger partial charge in [0.2, 0.25) is 0 Å². The molecule has 5 rings (SSSR count). The van der Waals surface area contributed by atoms with E-state index >= 15 is 0 Å². The van der Waals surface area contributed by atoms with Gasteiger partial charge in [0.25, 0.3) is 5.56 Å². The minimum absolute atomic E-state index is 0.168. The van der Waals surface area contributed by atoms with E-state index in [1.54, 1.807) is 35.8 Å². The summed E-state index contributed by atoms with van der Waals surface area (Å²) in [6.07, 6.45) is 2.99. The lowest BCUT2D eigenvalue weighted by Gasteiger charge is -2.32. The number of nitrogens with zero attached hydrogens (tertiary/aromatic N) is 2. The number of phenols is 1. The average Bonchev–Trinajstić information content (AvgIpc) is 3.10. The van der Waals surface area contributed by atoms with Gasteiger partial charge < -0.3 is 14.8 Å². The molecule has 30 heavy (non-hydrogen) atoms. The monoisotopic (exact) mass is 402 g/mol. The van der Waals surface area contributed by atoms with Crippen LogP contribution >= 0.6 is 0 Å². The fourth-order valence-corrected chi connectivity index (χ4v) is 4.84. The molecule has 6 heteroatoms. The van der Waals surface area contributed by atoms with Gasteiger partial charge in [0, 0.05) is 34.1 Å². The highest BCUT2D eigenvalue weighted by molar-refractivity contribution is 5.92. The summed E-state index contributed by atoms with van der Waals surface area (Å²) in [5.74, 6) is -0.0464. The van der Waals surface area contributed by atoms with E-state index in [-0.39, 0.29) is 29.9 Å². The van der Waals surface area contributed by atoms with Crippen LogP contribution in [0.15, 0.2) is 41.7 Å². The van der Waals surface area contributed by atoms with Gasteiger partial charge in [-0.25, -0.2) is 4.98 Å². The van der Waals surface area contributed by atoms with Crippen molar-refractivity contribution in [1.82, 2.24) is 9.55 Å². The summed E-state index contributed by atoms with van der Waals surface area (Å²) in [6, 6.07) is 7.11. The van der Waals surface area contributed by atoms with Crippen LogP contribution in [0.3, 0.4) is 0 Å². The fraction of sp³-hybridized carbons (Fsp3) is 0.292. The number of rotatable bonds is 3. The molecule has 1 aliphatic heterocycles. The van der Waals surface area contributed by atoms with Crippen LogP contribution in [0.4, 0.5) is 0 Å². The van der Waals surface area contributed by atoms with E-state index in [9.17, 15) is 19.8 Å². The Morgan fingerprint density at radius 3 is 2.80 bits per heavy atom. The molecule has 0 fully saturated rings. The first kappa shape index (κ1) is 18.8. The summed E-state index contributed by atoms with van der Waals surface area (Å²) >= 11 is 0. The Kier molecular flexibility index (Phi) is 3.98. The molecule has 2 aliphatic rings. The molecule has 0 unspecified atom stereocenters. The number of carbonyl (C=O) groups excluding carboxylic acids is 1. The number of allylic oxidation sites excluding steroid dienone is 1. The zero-order chi connectivity index (χ0) is 21.2. The van der Waals surface area contributed by atoms with Gasteiger partial charge >= 0.3 is 0 Å². The maximum atomic E-state index is 13.3. The van der Waals surface area contributed by atoms with E-state index in [0.29, 0.717) is 47.4 Å². The number of aromatic hydroxyl groups is 1. The molecule has 1 atom stereocenters. The summed E-state index contributed by atoms with van der Waals surface area (Å²) in [4.78, 5) is 30.5. The molecular formula is C24H22N2O4. The Balaban J connectivity index is 1.77. The van der Waals surface area contributed by atoms with Gasteiger partial charge in [0.1, 0.15) is 11.4 Å². The number of pyridine rings is 2. The average molecular weight is 402 g/mol. The zero-order valence-electron chi connectivity index (χ0n) is 16.7. The fourth-order valence-electron chi connectivity index (χ4n) is 4.84. The number of fused-ring (bicyclic) bond motifs is 5. The number of aromatic nitrogens is 2. The lowest BCUT2D eigenvalue weighted by molar-refractivity contribution is -0.140. The molecule has 0 amide bonds. The van der Waals surface area contributed by atoms with Crippen molar-refractivity contribution in [3.63, 3.8) is 0 Å². The molecule has 2 N–H and O–H groups in total. The third-order valence-corrected chi connectivity index (χ3v) is 6.50. The molecule has 3 heterocycles. The summed E-state index contributed by atoms with van der Waals surface area (Å²) in [6.45, 7) is 5.90. The van der Waals surface area contributed by atoms with Gasteiger partial charge in [-0.3, -0.25) is 9.59 Å². The van der Waals surface area contributed by atoms with Crippen molar-refractivity contribution in [1.29, 1.82) is 0 Å². The van der Waals surface area contributed by atoms with E-state index in [0.717, 1.165) is 16.5 Å². The Labute approximate surface area is 173 Å². The van der Waals surface area contributed by atoms with Crippen LogP contribution in [0, 0.1) is 0 Å². The summed E-state index contributed by atoms with van der Waals surface area (Å²) in [5.41, 5.74) is 2.79. The minimum atomic E-state index is -1.62. The number of benzene rings is 1. The molecule has 0 radical (unpaired) electrons. The second kappa shape index (κ2) is 6.37. The second-order valence-corrected chi connectivity index (χ2v) is 8.07. The van der Waals surface area contributed by atoms with Gasteiger partial charge in [-0.05, 0) is 43.5 Å². The largest absolute Gasteiger partial charge is 0.508 e. The normalized spacial score (nSPS) is 19.5. The first-order chi connectivity index (χ1) is 14.4. The van der Waals surface area contributed by atoms with Crippen LogP contribution in [0.5, 0.6) is 5.75 Å². The molecule has 0 spiro atoms.